The predicted octanol–water partition coefficient (Wildman–Crippen LogP) is 1.94. The quantitative estimate of drug-likeness (QED) is 0.791. The van der Waals surface area contributed by atoms with Crippen molar-refractivity contribution >= 4 is 21.6 Å². The minimum Gasteiger partial charge on any atom is -0.484 e. The lowest BCUT2D eigenvalue weighted by atomic mass is 10.2. The van der Waals surface area contributed by atoms with Crippen LogP contribution < -0.4 is 9.46 Å². The van der Waals surface area contributed by atoms with E-state index in [1.807, 2.05) is 13.8 Å². The maximum Gasteiger partial charge on any atom is 0.259 e. The van der Waals surface area contributed by atoms with E-state index < -0.39 is 10.0 Å². The minimum absolute atomic E-state index is 0.0491. The summed E-state index contributed by atoms with van der Waals surface area (Å²) >= 11 is 0. The molecule has 0 aliphatic heterocycles. The number of carbonyl (C=O) groups excluding carboxylic acids is 1. The molecular formula is C15H24N2O4S. The lowest BCUT2D eigenvalue weighted by Crippen LogP contribution is -2.27. The molecule has 1 aromatic rings. The Bertz CT molecular complexity index is 580. The highest BCUT2D eigenvalue weighted by Gasteiger charge is 2.11. The molecular weight excluding hydrogens is 304 g/mol. The number of anilines is 1. The second-order valence-corrected chi connectivity index (χ2v) is 7.55. The number of nitrogens with zero attached hydrogens (tertiary/aromatic N) is 1. The van der Waals surface area contributed by atoms with Gasteiger partial charge in [-0.3, -0.25) is 9.52 Å². The Labute approximate surface area is 132 Å². The number of rotatable bonds is 8. The molecule has 7 heteroatoms. The first kappa shape index (κ1) is 18.3. The monoisotopic (exact) mass is 328 g/mol. The summed E-state index contributed by atoms with van der Waals surface area (Å²) in [4.78, 5) is 12.8. The van der Waals surface area contributed by atoms with Crippen molar-refractivity contribution in [2.45, 2.75) is 20.3 Å². The first-order chi connectivity index (χ1) is 10.2. The van der Waals surface area contributed by atoms with Crippen LogP contribution in [0.1, 0.15) is 20.3 Å². The van der Waals surface area contributed by atoms with Crippen molar-refractivity contribution in [1.29, 1.82) is 0 Å². The molecule has 124 valence electrons. The number of nitrogens with one attached hydrogen (secondary N) is 1. The van der Waals surface area contributed by atoms with Gasteiger partial charge in [-0.2, -0.15) is 0 Å². The molecule has 0 fully saturated rings. The largest absolute Gasteiger partial charge is 0.484 e. The molecule has 0 aliphatic rings. The van der Waals surface area contributed by atoms with Gasteiger partial charge in [0.2, 0.25) is 10.0 Å². The summed E-state index contributed by atoms with van der Waals surface area (Å²) in [6.45, 7) is 3.92. The lowest BCUT2D eigenvalue weighted by molar-refractivity contribution is -0.130. The van der Waals surface area contributed by atoms with E-state index in [1.54, 1.807) is 38.4 Å². The maximum atomic E-state index is 11.9. The van der Waals surface area contributed by atoms with Gasteiger partial charge in [0.1, 0.15) is 5.75 Å². The van der Waals surface area contributed by atoms with Gasteiger partial charge in [-0.05, 0) is 36.6 Å². The third-order valence-corrected chi connectivity index (χ3v) is 4.27. The molecule has 0 aliphatic carbocycles. The van der Waals surface area contributed by atoms with E-state index in [9.17, 15) is 13.2 Å². The molecule has 6 nitrogen and oxygen atoms in total. The molecule has 0 aromatic heterocycles. The lowest BCUT2D eigenvalue weighted by Gasteiger charge is -2.12. The van der Waals surface area contributed by atoms with Crippen molar-refractivity contribution in [3.05, 3.63) is 24.3 Å². The van der Waals surface area contributed by atoms with Gasteiger partial charge in [-0.1, -0.05) is 13.8 Å². The van der Waals surface area contributed by atoms with Gasteiger partial charge in [-0.25, -0.2) is 8.42 Å². The third-order valence-electron chi connectivity index (χ3n) is 2.95. The van der Waals surface area contributed by atoms with Crippen LogP contribution >= 0.6 is 0 Å². The highest BCUT2D eigenvalue weighted by molar-refractivity contribution is 7.92. The Hall–Kier alpha value is -1.76. The molecule has 0 saturated heterocycles. The summed E-state index contributed by atoms with van der Waals surface area (Å²) in [5.41, 5.74) is 0.482. The zero-order chi connectivity index (χ0) is 16.8. The van der Waals surface area contributed by atoms with Gasteiger partial charge >= 0.3 is 0 Å². The fourth-order valence-corrected chi connectivity index (χ4v) is 2.89. The number of likely N-dealkylation sites (N-methyl/N-ethyl adjacent to an activating group) is 1. The van der Waals surface area contributed by atoms with Gasteiger partial charge in [0.25, 0.3) is 5.91 Å². The maximum absolute atomic E-state index is 11.9. The summed E-state index contributed by atoms with van der Waals surface area (Å²) in [6.07, 6.45) is 0.614. The fraction of sp³-hybridized carbons (Fsp3) is 0.533. The third kappa shape index (κ3) is 6.80. The van der Waals surface area contributed by atoms with Crippen LogP contribution in [-0.4, -0.2) is 45.7 Å². The van der Waals surface area contributed by atoms with E-state index in [2.05, 4.69) is 4.72 Å². The molecule has 0 atom stereocenters. The average molecular weight is 328 g/mol. The fourth-order valence-electron chi connectivity index (χ4n) is 1.51. The number of hydrogen-bond acceptors (Lipinski definition) is 4. The summed E-state index contributed by atoms with van der Waals surface area (Å²) < 4.78 is 31.6. The summed E-state index contributed by atoms with van der Waals surface area (Å²) in [5.74, 6) is 0.806. The van der Waals surface area contributed by atoms with Crippen LogP contribution in [0, 0.1) is 5.92 Å². The van der Waals surface area contributed by atoms with Gasteiger partial charge < -0.3 is 9.64 Å². The molecule has 0 saturated carbocycles. The van der Waals surface area contributed by atoms with E-state index in [0.717, 1.165) is 0 Å². The molecule has 1 rings (SSSR count). The van der Waals surface area contributed by atoms with E-state index in [1.165, 1.54) is 4.90 Å². The van der Waals surface area contributed by atoms with Crippen LogP contribution in [0.2, 0.25) is 0 Å². The van der Waals surface area contributed by atoms with Crippen LogP contribution in [-0.2, 0) is 14.8 Å². The molecule has 0 spiro atoms. The Morgan fingerprint density at radius 3 is 2.32 bits per heavy atom. The molecule has 0 bridgehead atoms. The second kappa shape index (κ2) is 8.03. The summed E-state index contributed by atoms with van der Waals surface area (Å²) in [7, 11) is -0.0241. The smallest absolute Gasteiger partial charge is 0.259 e. The van der Waals surface area contributed by atoms with Crippen LogP contribution in [0.5, 0.6) is 5.75 Å². The van der Waals surface area contributed by atoms with Crippen molar-refractivity contribution in [3.8, 4) is 5.75 Å². The number of hydrogen-bond donors (Lipinski definition) is 1. The first-order valence-electron chi connectivity index (χ1n) is 7.13. The van der Waals surface area contributed by atoms with Crippen LogP contribution in [0.3, 0.4) is 0 Å². The standard InChI is InChI=1S/C15H24N2O4S/c1-12(2)9-10-22(19,20)16-13-5-7-14(8-6-13)21-11-15(18)17(3)4/h5-8,12,16H,9-11H2,1-4H3. The number of sulfonamides is 1. The highest BCUT2D eigenvalue weighted by Crippen LogP contribution is 2.17. The van der Waals surface area contributed by atoms with E-state index in [-0.39, 0.29) is 18.3 Å². The van der Waals surface area contributed by atoms with Crippen LogP contribution in [0.4, 0.5) is 5.69 Å². The SMILES string of the molecule is CC(C)CCS(=O)(=O)Nc1ccc(OCC(=O)N(C)C)cc1. The van der Waals surface area contributed by atoms with E-state index in [4.69, 9.17) is 4.74 Å². The van der Waals surface area contributed by atoms with Crippen molar-refractivity contribution in [3.63, 3.8) is 0 Å². The second-order valence-electron chi connectivity index (χ2n) is 5.70. The normalized spacial score (nSPS) is 11.3. The molecule has 22 heavy (non-hydrogen) atoms. The van der Waals surface area contributed by atoms with Crippen LogP contribution in [0.25, 0.3) is 0 Å². The van der Waals surface area contributed by atoms with Gasteiger partial charge in [-0.15, -0.1) is 0 Å². The number of ether oxygens (including phenoxy) is 1. The number of carbonyl (C=O) groups is 1. The van der Waals surface area contributed by atoms with Crippen LogP contribution in [0.15, 0.2) is 24.3 Å². The van der Waals surface area contributed by atoms with E-state index >= 15 is 0 Å². The average Bonchev–Trinajstić information content (AvgIpc) is 2.43. The highest BCUT2D eigenvalue weighted by atomic mass is 32.2. The zero-order valence-corrected chi connectivity index (χ0v) is 14.3. The summed E-state index contributed by atoms with van der Waals surface area (Å²) in [5, 5.41) is 0. The van der Waals surface area contributed by atoms with Crippen molar-refractivity contribution in [1.82, 2.24) is 4.90 Å². The van der Waals surface area contributed by atoms with Crippen molar-refractivity contribution in [2.75, 3.05) is 31.2 Å². The Morgan fingerprint density at radius 2 is 1.82 bits per heavy atom. The van der Waals surface area contributed by atoms with Gasteiger partial charge in [0.15, 0.2) is 6.61 Å². The molecule has 0 heterocycles. The Balaban J connectivity index is 2.56. The number of amides is 1. The Morgan fingerprint density at radius 1 is 1.23 bits per heavy atom. The molecule has 1 aromatic carbocycles. The molecule has 0 radical (unpaired) electrons. The zero-order valence-electron chi connectivity index (χ0n) is 13.5. The van der Waals surface area contributed by atoms with Gasteiger partial charge in [0.05, 0.1) is 5.75 Å². The number of benzene rings is 1. The van der Waals surface area contributed by atoms with Crippen molar-refractivity contribution in [2.24, 2.45) is 5.92 Å². The van der Waals surface area contributed by atoms with Gasteiger partial charge in [0, 0.05) is 19.8 Å². The predicted molar refractivity (Wildman–Crippen MR) is 87.5 cm³/mol. The van der Waals surface area contributed by atoms with Crippen molar-refractivity contribution < 1.29 is 17.9 Å². The summed E-state index contributed by atoms with van der Waals surface area (Å²) in [6, 6.07) is 6.48. The topological polar surface area (TPSA) is 75.7 Å². The molecule has 0 unspecified atom stereocenters. The van der Waals surface area contributed by atoms with E-state index in [0.29, 0.717) is 23.8 Å². The first-order valence-corrected chi connectivity index (χ1v) is 8.78. The Kier molecular flexibility index (Phi) is 6.67. The minimum atomic E-state index is -3.33. The molecule has 1 N–H and O–H groups in total. The molecule has 1 amide bonds.